The molecule has 0 saturated heterocycles. The summed E-state index contributed by atoms with van der Waals surface area (Å²) in [5.74, 6) is 1.02. The molecular formula is C16H26N2O. The Labute approximate surface area is 116 Å². The molecule has 2 rings (SSSR count). The Bertz CT molecular complexity index is 431. The molecular weight excluding hydrogens is 236 g/mol. The van der Waals surface area contributed by atoms with Gasteiger partial charge in [-0.2, -0.15) is 0 Å². The number of anilines is 1. The highest BCUT2D eigenvalue weighted by Gasteiger charge is 2.25. The third-order valence-corrected chi connectivity index (χ3v) is 4.48. The van der Waals surface area contributed by atoms with Crippen LogP contribution >= 0.6 is 0 Å². The number of phenolic OH excluding ortho intramolecular Hbond substituents is 1. The van der Waals surface area contributed by atoms with Gasteiger partial charge in [-0.15, -0.1) is 0 Å². The van der Waals surface area contributed by atoms with Crippen molar-refractivity contribution < 1.29 is 5.11 Å². The zero-order chi connectivity index (χ0) is 14.0. The second-order valence-corrected chi connectivity index (χ2v) is 5.97. The Morgan fingerprint density at radius 3 is 2.58 bits per heavy atom. The van der Waals surface area contributed by atoms with E-state index in [9.17, 15) is 5.11 Å². The van der Waals surface area contributed by atoms with E-state index in [1.165, 1.54) is 25.7 Å². The van der Waals surface area contributed by atoms with Crippen LogP contribution in [-0.4, -0.2) is 18.2 Å². The van der Waals surface area contributed by atoms with Crippen LogP contribution in [0.15, 0.2) is 18.2 Å². The lowest BCUT2D eigenvalue weighted by Gasteiger charge is -2.37. The molecule has 1 aromatic carbocycles. The number of hydrogen-bond acceptors (Lipinski definition) is 3. The van der Waals surface area contributed by atoms with Crippen LogP contribution in [0.1, 0.15) is 51.1 Å². The van der Waals surface area contributed by atoms with Gasteiger partial charge in [-0.05, 0) is 31.7 Å². The van der Waals surface area contributed by atoms with Crippen molar-refractivity contribution in [1.82, 2.24) is 0 Å². The molecule has 3 heteroatoms. The summed E-state index contributed by atoms with van der Waals surface area (Å²) in [6, 6.07) is 6.31. The number of nitrogens with zero attached hydrogens (tertiary/aromatic N) is 1. The van der Waals surface area contributed by atoms with Gasteiger partial charge >= 0.3 is 0 Å². The van der Waals surface area contributed by atoms with Gasteiger partial charge in [-0.3, -0.25) is 0 Å². The molecule has 3 N–H and O–H groups in total. The maximum Gasteiger partial charge on any atom is 0.122 e. The molecule has 1 aromatic rings. The highest BCUT2D eigenvalue weighted by molar-refractivity contribution is 5.54. The molecule has 1 aliphatic carbocycles. The van der Waals surface area contributed by atoms with Gasteiger partial charge in [0, 0.05) is 36.4 Å². The van der Waals surface area contributed by atoms with Gasteiger partial charge in [0.2, 0.25) is 0 Å². The third-order valence-electron chi connectivity index (χ3n) is 4.48. The van der Waals surface area contributed by atoms with Gasteiger partial charge in [0.1, 0.15) is 5.75 Å². The lowest BCUT2D eigenvalue weighted by molar-refractivity contribution is 0.321. The molecule has 1 saturated carbocycles. The highest BCUT2D eigenvalue weighted by Crippen LogP contribution is 2.33. The van der Waals surface area contributed by atoms with E-state index in [-0.39, 0.29) is 6.04 Å². The van der Waals surface area contributed by atoms with Gasteiger partial charge in [0.15, 0.2) is 0 Å². The molecule has 1 aliphatic rings. The van der Waals surface area contributed by atoms with Crippen molar-refractivity contribution in [2.75, 3.05) is 11.9 Å². The fourth-order valence-corrected chi connectivity index (χ4v) is 3.20. The maximum absolute atomic E-state index is 10.1. The van der Waals surface area contributed by atoms with E-state index < -0.39 is 0 Å². The molecule has 3 atom stereocenters. The van der Waals surface area contributed by atoms with Crippen molar-refractivity contribution in [3.8, 4) is 5.75 Å². The summed E-state index contributed by atoms with van der Waals surface area (Å²) in [5, 5.41) is 10.1. The minimum atomic E-state index is -0.132. The van der Waals surface area contributed by atoms with Crippen molar-refractivity contribution in [2.24, 2.45) is 11.7 Å². The lowest BCUT2D eigenvalue weighted by Crippen LogP contribution is -2.38. The molecule has 3 nitrogen and oxygen atoms in total. The first-order valence-electron chi connectivity index (χ1n) is 7.32. The van der Waals surface area contributed by atoms with Crippen LogP contribution in [0.25, 0.3) is 0 Å². The Balaban J connectivity index is 2.19. The van der Waals surface area contributed by atoms with Crippen molar-refractivity contribution >= 4 is 5.69 Å². The number of aromatic hydroxyl groups is 1. The van der Waals surface area contributed by atoms with E-state index in [2.05, 4.69) is 24.9 Å². The van der Waals surface area contributed by atoms with Crippen LogP contribution in [0.5, 0.6) is 5.75 Å². The zero-order valence-corrected chi connectivity index (χ0v) is 12.3. The van der Waals surface area contributed by atoms with Crippen LogP contribution < -0.4 is 10.6 Å². The predicted octanol–water partition coefficient (Wildman–Crippen LogP) is 3.43. The molecule has 3 unspecified atom stereocenters. The normalized spacial score (nSPS) is 25.1. The molecule has 0 bridgehead atoms. The van der Waals surface area contributed by atoms with Crippen molar-refractivity contribution in [2.45, 2.75) is 51.6 Å². The van der Waals surface area contributed by atoms with Gasteiger partial charge in [0.25, 0.3) is 0 Å². The average molecular weight is 262 g/mol. The Morgan fingerprint density at radius 1 is 1.32 bits per heavy atom. The zero-order valence-electron chi connectivity index (χ0n) is 12.3. The van der Waals surface area contributed by atoms with Crippen LogP contribution in [0.4, 0.5) is 5.69 Å². The largest absolute Gasteiger partial charge is 0.508 e. The van der Waals surface area contributed by atoms with E-state index >= 15 is 0 Å². The van der Waals surface area contributed by atoms with Gasteiger partial charge in [-0.25, -0.2) is 0 Å². The Hall–Kier alpha value is -1.22. The summed E-state index contributed by atoms with van der Waals surface area (Å²) in [6.07, 6.45) is 5.20. The van der Waals surface area contributed by atoms with Gasteiger partial charge < -0.3 is 15.7 Å². The molecule has 0 amide bonds. The number of phenols is 1. The fraction of sp³-hybridized carbons (Fsp3) is 0.625. The first kappa shape index (κ1) is 14.2. The first-order chi connectivity index (χ1) is 9.00. The molecule has 106 valence electrons. The van der Waals surface area contributed by atoms with E-state index in [1.54, 1.807) is 0 Å². The van der Waals surface area contributed by atoms with E-state index in [0.29, 0.717) is 17.7 Å². The Morgan fingerprint density at radius 2 is 2.00 bits per heavy atom. The van der Waals surface area contributed by atoms with E-state index in [0.717, 1.165) is 11.3 Å². The van der Waals surface area contributed by atoms with Crippen molar-refractivity contribution in [3.63, 3.8) is 0 Å². The second-order valence-electron chi connectivity index (χ2n) is 5.97. The maximum atomic E-state index is 10.1. The quantitative estimate of drug-likeness (QED) is 0.877. The summed E-state index contributed by atoms with van der Waals surface area (Å²) in [5.41, 5.74) is 7.73. The molecule has 19 heavy (non-hydrogen) atoms. The number of hydrogen-bond donors (Lipinski definition) is 2. The summed E-state index contributed by atoms with van der Waals surface area (Å²) in [7, 11) is 2.13. The second kappa shape index (κ2) is 5.83. The topological polar surface area (TPSA) is 49.5 Å². The summed E-state index contributed by atoms with van der Waals surface area (Å²) in [6.45, 7) is 4.22. The molecule has 1 fully saturated rings. The smallest absolute Gasteiger partial charge is 0.122 e. The number of rotatable bonds is 3. The summed E-state index contributed by atoms with van der Waals surface area (Å²) in [4.78, 5) is 2.31. The minimum absolute atomic E-state index is 0.132. The lowest BCUT2D eigenvalue weighted by atomic mass is 9.85. The van der Waals surface area contributed by atoms with Crippen LogP contribution in [0, 0.1) is 5.92 Å². The summed E-state index contributed by atoms with van der Waals surface area (Å²) < 4.78 is 0. The highest BCUT2D eigenvalue weighted by atomic mass is 16.3. The monoisotopic (exact) mass is 262 g/mol. The van der Waals surface area contributed by atoms with Gasteiger partial charge in [-0.1, -0.05) is 25.8 Å². The van der Waals surface area contributed by atoms with Crippen LogP contribution in [0.2, 0.25) is 0 Å². The standard InChI is InChI=1S/C16H26N2O/c1-11-6-4-5-7-15(11)18(3)13-8-9-14(12(2)17)16(19)10-13/h8-12,15,19H,4-7,17H2,1-3H3. The fourth-order valence-electron chi connectivity index (χ4n) is 3.20. The molecule has 0 aromatic heterocycles. The Kier molecular flexibility index (Phi) is 4.35. The third kappa shape index (κ3) is 3.03. The van der Waals surface area contributed by atoms with E-state index in [1.807, 2.05) is 19.1 Å². The number of benzene rings is 1. The van der Waals surface area contributed by atoms with Crippen molar-refractivity contribution in [3.05, 3.63) is 23.8 Å². The summed E-state index contributed by atoms with van der Waals surface area (Å²) >= 11 is 0. The molecule has 0 heterocycles. The number of nitrogens with two attached hydrogens (primary N) is 1. The average Bonchev–Trinajstić information content (AvgIpc) is 2.38. The minimum Gasteiger partial charge on any atom is -0.508 e. The van der Waals surface area contributed by atoms with Crippen LogP contribution in [0.3, 0.4) is 0 Å². The SMILES string of the molecule is CC(N)c1ccc(N(C)C2CCCCC2C)cc1O. The predicted molar refractivity (Wildman–Crippen MR) is 80.5 cm³/mol. The van der Waals surface area contributed by atoms with E-state index in [4.69, 9.17) is 5.73 Å². The van der Waals surface area contributed by atoms with Gasteiger partial charge in [0.05, 0.1) is 0 Å². The molecule has 0 aliphatic heterocycles. The van der Waals surface area contributed by atoms with Crippen LogP contribution in [-0.2, 0) is 0 Å². The first-order valence-corrected chi connectivity index (χ1v) is 7.32. The molecule has 0 radical (unpaired) electrons. The van der Waals surface area contributed by atoms with Crippen molar-refractivity contribution in [1.29, 1.82) is 0 Å². The molecule has 0 spiro atoms.